The van der Waals surface area contributed by atoms with Gasteiger partial charge in [0.2, 0.25) is 0 Å². The molecule has 0 radical (unpaired) electrons. The maximum Gasteiger partial charge on any atom is 0.314 e. The smallest absolute Gasteiger partial charge is 0.314 e. The second-order valence-corrected chi connectivity index (χ2v) is 3.71. The number of ether oxygens (including phenoxy) is 2. The average Bonchev–Trinajstić information content (AvgIpc) is 2.41. The third-order valence-corrected chi connectivity index (χ3v) is 2.23. The quantitative estimate of drug-likeness (QED) is 0.727. The highest BCUT2D eigenvalue weighted by Gasteiger charge is 1.99. The van der Waals surface area contributed by atoms with Crippen LogP contribution in [0.5, 0.6) is 11.5 Å². The summed E-state index contributed by atoms with van der Waals surface area (Å²) in [7, 11) is 1.61. The highest BCUT2D eigenvalue weighted by Crippen LogP contribution is 2.18. The van der Waals surface area contributed by atoms with Gasteiger partial charge in [-0.2, -0.15) is 0 Å². The zero-order chi connectivity index (χ0) is 13.2. The summed E-state index contributed by atoms with van der Waals surface area (Å²) < 4.78 is 10.6. The molecule has 0 fully saturated rings. The summed E-state index contributed by atoms with van der Waals surface area (Å²) in [5.74, 6) is 1.48. The Hall–Kier alpha value is -1.91. The van der Waals surface area contributed by atoms with Gasteiger partial charge in [0.1, 0.15) is 18.1 Å². The molecule has 0 aliphatic heterocycles. The molecule has 0 bridgehead atoms. The molecule has 2 N–H and O–H groups in total. The molecule has 18 heavy (non-hydrogen) atoms. The fraction of sp³-hybridized carbons (Fsp3) is 0.462. The van der Waals surface area contributed by atoms with Gasteiger partial charge in [-0.1, -0.05) is 13.0 Å². The lowest BCUT2D eigenvalue weighted by Gasteiger charge is -2.09. The second-order valence-electron chi connectivity index (χ2n) is 3.71. The highest BCUT2D eigenvalue weighted by molar-refractivity contribution is 5.73. The Morgan fingerprint density at radius 2 is 1.94 bits per heavy atom. The maximum absolute atomic E-state index is 11.2. The van der Waals surface area contributed by atoms with Crippen molar-refractivity contribution in [1.29, 1.82) is 0 Å². The molecule has 100 valence electrons. The third kappa shape index (κ3) is 5.43. The van der Waals surface area contributed by atoms with Crippen LogP contribution in [0.4, 0.5) is 4.79 Å². The summed E-state index contributed by atoms with van der Waals surface area (Å²) in [5.41, 5.74) is 0. The topological polar surface area (TPSA) is 59.6 Å². The number of hydrogen-bond acceptors (Lipinski definition) is 3. The number of methoxy groups -OCH3 is 1. The lowest BCUT2D eigenvalue weighted by Crippen LogP contribution is -2.37. The molecule has 0 saturated carbocycles. The lowest BCUT2D eigenvalue weighted by molar-refractivity contribution is 0.236. The van der Waals surface area contributed by atoms with Gasteiger partial charge in [-0.15, -0.1) is 0 Å². The minimum Gasteiger partial charge on any atom is -0.497 e. The van der Waals surface area contributed by atoms with Gasteiger partial charge in [-0.3, -0.25) is 0 Å². The molecule has 1 aromatic carbocycles. The summed E-state index contributed by atoms with van der Waals surface area (Å²) in [6, 6.07) is 7.20. The van der Waals surface area contributed by atoms with Crippen molar-refractivity contribution in [3.05, 3.63) is 24.3 Å². The summed E-state index contributed by atoms with van der Waals surface area (Å²) in [4.78, 5) is 11.2. The first-order valence-electron chi connectivity index (χ1n) is 6.04. The van der Waals surface area contributed by atoms with Crippen LogP contribution in [0.25, 0.3) is 0 Å². The molecule has 0 spiro atoms. The van der Waals surface area contributed by atoms with E-state index < -0.39 is 0 Å². The molecule has 1 rings (SSSR count). The lowest BCUT2D eigenvalue weighted by atomic mass is 10.3. The molecule has 0 unspecified atom stereocenters. The summed E-state index contributed by atoms with van der Waals surface area (Å²) in [6.45, 7) is 3.58. The predicted molar refractivity (Wildman–Crippen MR) is 70.2 cm³/mol. The molecular weight excluding hydrogens is 232 g/mol. The van der Waals surface area contributed by atoms with Crippen molar-refractivity contribution in [3.63, 3.8) is 0 Å². The molecule has 0 atom stereocenters. The fourth-order valence-corrected chi connectivity index (χ4v) is 1.33. The van der Waals surface area contributed by atoms with Crippen molar-refractivity contribution in [2.45, 2.75) is 13.3 Å². The van der Waals surface area contributed by atoms with Gasteiger partial charge in [-0.05, 0) is 18.6 Å². The van der Waals surface area contributed by atoms with E-state index in [1.54, 1.807) is 13.2 Å². The highest BCUT2D eigenvalue weighted by atomic mass is 16.5. The molecule has 0 heterocycles. The van der Waals surface area contributed by atoms with Gasteiger partial charge >= 0.3 is 6.03 Å². The van der Waals surface area contributed by atoms with Gasteiger partial charge in [0.25, 0.3) is 0 Å². The predicted octanol–water partition coefficient (Wildman–Crippen LogP) is 1.78. The fourth-order valence-electron chi connectivity index (χ4n) is 1.33. The monoisotopic (exact) mass is 252 g/mol. The molecular formula is C13H20N2O3. The van der Waals surface area contributed by atoms with Crippen LogP contribution in [0.15, 0.2) is 24.3 Å². The van der Waals surface area contributed by atoms with Crippen molar-refractivity contribution in [3.8, 4) is 11.5 Å². The van der Waals surface area contributed by atoms with Crippen LogP contribution in [-0.2, 0) is 0 Å². The van der Waals surface area contributed by atoms with Gasteiger partial charge in [-0.25, -0.2) is 4.79 Å². The molecule has 0 saturated heterocycles. The Morgan fingerprint density at radius 1 is 1.22 bits per heavy atom. The van der Waals surface area contributed by atoms with Crippen LogP contribution in [0.3, 0.4) is 0 Å². The number of rotatable bonds is 7. The number of urea groups is 1. The van der Waals surface area contributed by atoms with E-state index >= 15 is 0 Å². The van der Waals surface area contributed by atoms with Crippen LogP contribution in [0.1, 0.15) is 13.3 Å². The first kappa shape index (κ1) is 14.2. The zero-order valence-corrected chi connectivity index (χ0v) is 10.9. The van der Waals surface area contributed by atoms with E-state index in [0.717, 1.165) is 17.9 Å². The Bertz CT molecular complexity index is 369. The van der Waals surface area contributed by atoms with Crippen LogP contribution < -0.4 is 20.1 Å². The first-order valence-corrected chi connectivity index (χ1v) is 6.04. The molecule has 5 nitrogen and oxygen atoms in total. The number of benzene rings is 1. The standard InChI is InChI=1S/C13H20N2O3/c1-3-7-14-13(16)15-8-9-18-12-6-4-5-11(10-12)17-2/h4-6,10H,3,7-9H2,1-2H3,(H2,14,15,16). The summed E-state index contributed by atoms with van der Waals surface area (Å²) in [5, 5.41) is 5.43. The number of carbonyl (C=O) groups excluding carboxylic acids is 1. The van der Waals surface area contributed by atoms with E-state index in [4.69, 9.17) is 9.47 Å². The van der Waals surface area contributed by atoms with E-state index in [0.29, 0.717) is 19.7 Å². The Morgan fingerprint density at radius 3 is 2.67 bits per heavy atom. The minimum atomic E-state index is -0.161. The van der Waals surface area contributed by atoms with E-state index in [2.05, 4.69) is 10.6 Å². The second kappa shape index (κ2) is 8.22. The van der Waals surface area contributed by atoms with E-state index in [1.165, 1.54) is 0 Å². The van der Waals surface area contributed by atoms with Crippen LogP contribution in [0, 0.1) is 0 Å². The Kier molecular flexibility index (Phi) is 6.46. The minimum absolute atomic E-state index is 0.161. The molecule has 0 aliphatic rings. The van der Waals surface area contributed by atoms with Crippen molar-refractivity contribution < 1.29 is 14.3 Å². The molecule has 0 aliphatic carbocycles. The van der Waals surface area contributed by atoms with Gasteiger partial charge < -0.3 is 20.1 Å². The molecule has 1 aromatic rings. The Balaban J connectivity index is 2.19. The van der Waals surface area contributed by atoms with Gasteiger partial charge in [0.15, 0.2) is 0 Å². The van der Waals surface area contributed by atoms with E-state index in [1.807, 2.05) is 25.1 Å². The molecule has 5 heteroatoms. The van der Waals surface area contributed by atoms with Gasteiger partial charge in [0.05, 0.1) is 13.7 Å². The average molecular weight is 252 g/mol. The molecule has 0 aromatic heterocycles. The van der Waals surface area contributed by atoms with Crippen LogP contribution >= 0.6 is 0 Å². The van der Waals surface area contributed by atoms with Crippen LogP contribution in [0.2, 0.25) is 0 Å². The molecule has 2 amide bonds. The van der Waals surface area contributed by atoms with Gasteiger partial charge in [0, 0.05) is 12.6 Å². The van der Waals surface area contributed by atoms with Crippen molar-refractivity contribution in [2.75, 3.05) is 26.8 Å². The van der Waals surface area contributed by atoms with E-state index in [9.17, 15) is 4.79 Å². The number of hydrogen-bond donors (Lipinski definition) is 2. The largest absolute Gasteiger partial charge is 0.497 e. The van der Waals surface area contributed by atoms with E-state index in [-0.39, 0.29) is 6.03 Å². The number of nitrogens with one attached hydrogen (secondary N) is 2. The summed E-state index contributed by atoms with van der Waals surface area (Å²) >= 11 is 0. The number of amides is 2. The van der Waals surface area contributed by atoms with Crippen molar-refractivity contribution in [1.82, 2.24) is 10.6 Å². The third-order valence-electron chi connectivity index (χ3n) is 2.23. The van der Waals surface area contributed by atoms with Crippen molar-refractivity contribution in [2.24, 2.45) is 0 Å². The maximum atomic E-state index is 11.2. The SMILES string of the molecule is CCCNC(=O)NCCOc1cccc(OC)c1. The Labute approximate surface area is 107 Å². The van der Waals surface area contributed by atoms with Crippen LogP contribution in [-0.4, -0.2) is 32.8 Å². The number of carbonyl (C=O) groups is 1. The normalized spacial score (nSPS) is 9.67. The summed E-state index contributed by atoms with van der Waals surface area (Å²) in [6.07, 6.45) is 0.924. The first-order chi connectivity index (χ1) is 8.76. The van der Waals surface area contributed by atoms with Crippen molar-refractivity contribution >= 4 is 6.03 Å². The zero-order valence-electron chi connectivity index (χ0n) is 10.9.